The van der Waals surface area contributed by atoms with Crippen LogP contribution in [0.1, 0.15) is 0 Å². The van der Waals surface area contributed by atoms with Crippen molar-refractivity contribution < 1.29 is 21.6 Å². The van der Waals surface area contributed by atoms with Crippen molar-refractivity contribution in [2.24, 2.45) is 0 Å². The van der Waals surface area contributed by atoms with E-state index >= 15 is 0 Å². The van der Waals surface area contributed by atoms with Gasteiger partial charge in [0.2, 0.25) is 10.0 Å². The molecule has 0 aliphatic rings. The van der Waals surface area contributed by atoms with E-state index in [1.54, 1.807) is 12.1 Å². The van der Waals surface area contributed by atoms with Gasteiger partial charge < -0.3 is 4.74 Å². The van der Waals surface area contributed by atoms with Crippen LogP contribution in [0.3, 0.4) is 0 Å². The summed E-state index contributed by atoms with van der Waals surface area (Å²) in [5.74, 6) is 0.0793. The van der Waals surface area contributed by atoms with Gasteiger partial charge in [0, 0.05) is 0 Å². The summed E-state index contributed by atoms with van der Waals surface area (Å²) in [6.07, 6.45) is 0. The number of halogens is 4. The molecule has 30 heavy (non-hydrogen) atoms. The third-order valence-corrected chi connectivity index (χ3v) is 9.68. The molecule has 3 rings (SSSR count). The molecule has 1 aromatic carbocycles. The maximum atomic E-state index is 12.6. The van der Waals surface area contributed by atoms with Crippen molar-refractivity contribution in [3.8, 4) is 5.75 Å². The van der Waals surface area contributed by atoms with Gasteiger partial charge in [-0.25, -0.2) is 16.8 Å². The van der Waals surface area contributed by atoms with Crippen molar-refractivity contribution in [2.75, 3.05) is 11.5 Å². The Labute approximate surface area is 200 Å². The predicted molar refractivity (Wildman–Crippen MR) is 122 cm³/mol. The maximum absolute atomic E-state index is 12.6. The smallest absolute Gasteiger partial charge is 0.264 e. The lowest BCUT2D eigenvalue weighted by molar-refractivity contribution is 0.312. The molecule has 2 N–H and O–H groups in total. The Bertz CT molecular complexity index is 1290. The fraction of sp³-hybridized carbons (Fsp3) is 0.0667. The number of anilines is 1. The topological polar surface area (TPSA) is 102 Å². The highest BCUT2D eigenvalue weighted by Gasteiger charge is 2.23. The molecule has 2 heterocycles. The summed E-state index contributed by atoms with van der Waals surface area (Å²) in [5.41, 5.74) is 0.0756. The Morgan fingerprint density at radius 3 is 1.90 bits per heavy atom. The minimum atomic E-state index is -4.05. The third kappa shape index (κ3) is 5.53. The van der Waals surface area contributed by atoms with Crippen LogP contribution in [0.2, 0.25) is 17.3 Å². The summed E-state index contributed by atoms with van der Waals surface area (Å²) in [4.78, 5) is -0.362. The molecule has 0 spiro atoms. The van der Waals surface area contributed by atoms with Gasteiger partial charge in [0.15, 0.2) is 6.73 Å². The summed E-state index contributed by atoms with van der Waals surface area (Å²) in [5, 5.41) is 0. The maximum Gasteiger partial charge on any atom is 0.264 e. The molecule has 3 aromatic rings. The van der Waals surface area contributed by atoms with E-state index in [-0.39, 0.29) is 38.6 Å². The van der Waals surface area contributed by atoms with Gasteiger partial charge in [0.25, 0.3) is 10.0 Å². The van der Waals surface area contributed by atoms with Crippen molar-refractivity contribution in [2.45, 2.75) is 9.79 Å². The quantitative estimate of drug-likeness (QED) is 0.348. The standard InChI is InChI=1S/C15H10Cl4N2O5S4/c16-12-5-10(14(18)27-12)29(22,23)20-7-26-9-4-2-1-3-8(9)21-30(24,25)11-6-13(17)28-15(11)19/h1-6,20-21H,7H2. The Hall–Kier alpha value is -0.760. The Morgan fingerprint density at radius 2 is 1.37 bits per heavy atom. The molecule has 0 unspecified atom stereocenters. The molecule has 0 fully saturated rings. The third-order valence-electron chi connectivity index (χ3n) is 3.44. The van der Waals surface area contributed by atoms with Crippen LogP contribution >= 0.6 is 69.1 Å². The van der Waals surface area contributed by atoms with Crippen molar-refractivity contribution in [1.29, 1.82) is 0 Å². The van der Waals surface area contributed by atoms with Gasteiger partial charge >= 0.3 is 0 Å². The van der Waals surface area contributed by atoms with E-state index in [2.05, 4.69) is 9.44 Å². The highest BCUT2D eigenvalue weighted by molar-refractivity contribution is 7.93. The molecule has 0 bridgehead atoms. The number of benzene rings is 1. The zero-order valence-corrected chi connectivity index (χ0v) is 20.6. The van der Waals surface area contributed by atoms with Gasteiger partial charge in [-0.05, 0) is 24.3 Å². The van der Waals surface area contributed by atoms with Crippen molar-refractivity contribution in [1.82, 2.24) is 4.72 Å². The zero-order valence-electron chi connectivity index (χ0n) is 14.4. The number of rotatable bonds is 8. The fourth-order valence-corrected chi connectivity index (χ4v) is 8.40. The average molecular weight is 568 g/mol. The minimum Gasteiger partial charge on any atom is -0.475 e. The van der Waals surface area contributed by atoms with Crippen LogP contribution in [0.4, 0.5) is 5.69 Å². The monoisotopic (exact) mass is 566 g/mol. The summed E-state index contributed by atoms with van der Waals surface area (Å²) >= 11 is 25.2. The molecule has 0 radical (unpaired) electrons. The molecule has 15 heteroatoms. The van der Waals surface area contributed by atoms with Crippen LogP contribution in [0.15, 0.2) is 46.2 Å². The van der Waals surface area contributed by atoms with Crippen LogP contribution in [0.25, 0.3) is 0 Å². The molecule has 2 aromatic heterocycles. The molecule has 0 saturated carbocycles. The Balaban J connectivity index is 1.75. The van der Waals surface area contributed by atoms with Gasteiger partial charge in [-0.3, -0.25) is 4.72 Å². The summed E-state index contributed by atoms with van der Waals surface area (Å²) in [7, 11) is -8.03. The Morgan fingerprint density at radius 1 is 0.833 bits per heavy atom. The lowest BCUT2D eigenvalue weighted by Crippen LogP contribution is -2.28. The van der Waals surface area contributed by atoms with Crippen molar-refractivity contribution >= 4 is 94.8 Å². The molecular weight excluding hydrogens is 558 g/mol. The fourth-order valence-electron chi connectivity index (χ4n) is 2.16. The second kappa shape index (κ2) is 9.39. The van der Waals surface area contributed by atoms with E-state index in [0.29, 0.717) is 0 Å². The molecule has 0 saturated heterocycles. The second-order valence-corrected chi connectivity index (χ2v) is 13.4. The van der Waals surface area contributed by atoms with E-state index in [4.69, 9.17) is 51.1 Å². The molecular formula is C15H10Cl4N2O5S4. The highest BCUT2D eigenvalue weighted by Crippen LogP contribution is 2.36. The first kappa shape index (κ1) is 23.9. The molecule has 0 aliphatic carbocycles. The van der Waals surface area contributed by atoms with E-state index in [9.17, 15) is 16.8 Å². The van der Waals surface area contributed by atoms with Gasteiger partial charge in [-0.2, -0.15) is 4.72 Å². The first-order valence-corrected chi connectivity index (χ1v) is 13.7. The van der Waals surface area contributed by atoms with Gasteiger partial charge in [0.05, 0.1) is 14.4 Å². The number of hydrogen-bond donors (Lipinski definition) is 2. The minimum absolute atomic E-state index is 0.00459. The average Bonchev–Trinajstić information content (AvgIpc) is 3.17. The number of hydrogen-bond acceptors (Lipinski definition) is 7. The van der Waals surface area contributed by atoms with Crippen molar-refractivity contribution in [3.63, 3.8) is 0 Å². The molecule has 0 amide bonds. The number of para-hydroxylation sites is 2. The number of sulfonamides is 2. The van der Waals surface area contributed by atoms with Gasteiger partial charge in [-0.15, -0.1) is 22.7 Å². The van der Waals surface area contributed by atoms with Crippen LogP contribution in [0, 0.1) is 0 Å². The van der Waals surface area contributed by atoms with Crippen LogP contribution in [-0.4, -0.2) is 23.6 Å². The van der Waals surface area contributed by atoms with Gasteiger partial charge in [-0.1, -0.05) is 58.5 Å². The summed E-state index contributed by atoms with van der Waals surface area (Å²) in [6.45, 7) is -0.490. The normalized spacial score (nSPS) is 12.1. The highest BCUT2D eigenvalue weighted by atomic mass is 35.5. The van der Waals surface area contributed by atoms with Crippen LogP contribution < -0.4 is 14.2 Å². The van der Waals surface area contributed by atoms with E-state index in [1.807, 2.05) is 0 Å². The first-order valence-electron chi connectivity index (χ1n) is 7.63. The predicted octanol–water partition coefficient (Wildman–Crippen LogP) is 5.54. The second-order valence-electron chi connectivity index (χ2n) is 5.42. The first-order chi connectivity index (χ1) is 14.0. The van der Waals surface area contributed by atoms with Crippen molar-refractivity contribution in [3.05, 3.63) is 53.7 Å². The number of nitrogens with one attached hydrogen (secondary N) is 2. The SMILES string of the molecule is O=S(=O)(NCOc1ccccc1NS(=O)(=O)c1cc(Cl)sc1Cl)c1cc(Cl)sc1Cl. The summed E-state index contributed by atoms with van der Waals surface area (Å²) in [6, 6.07) is 8.51. The van der Waals surface area contributed by atoms with Crippen LogP contribution in [-0.2, 0) is 20.0 Å². The lowest BCUT2D eigenvalue weighted by Gasteiger charge is -2.14. The lowest BCUT2D eigenvalue weighted by atomic mass is 10.3. The van der Waals surface area contributed by atoms with E-state index < -0.39 is 26.8 Å². The zero-order chi connectivity index (χ0) is 22.1. The summed E-state index contributed by atoms with van der Waals surface area (Å²) < 4.78 is 60.3. The van der Waals surface area contributed by atoms with Gasteiger partial charge in [0.1, 0.15) is 24.2 Å². The molecule has 0 atom stereocenters. The molecule has 162 valence electrons. The number of thiophene rings is 2. The Kier molecular flexibility index (Phi) is 7.48. The number of ether oxygens (including phenoxy) is 1. The molecule has 7 nitrogen and oxygen atoms in total. The van der Waals surface area contributed by atoms with E-state index in [0.717, 1.165) is 22.7 Å². The van der Waals surface area contributed by atoms with E-state index in [1.165, 1.54) is 24.3 Å². The molecule has 0 aliphatic heterocycles. The van der Waals surface area contributed by atoms with Crippen LogP contribution in [0.5, 0.6) is 5.75 Å². The largest absolute Gasteiger partial charge is 0.475 e.